The minimum atomic E-state index is -1.50. The standard InChI is InChI=1S/3HNO3.2H3NO/c3*2-1(3)4;2*1-2/h3*(H,2,3,4);2*2H,1H2. The summed E-state index contributed by atoms with van der Waals surface area (Å²) in [6.45, 7) is 0. The van der Waals surface area contributed by atoms with E-state index in [1.807, 2.05) is 0 Å². The lowest BCUT2D eigenvalue weighted by molar-refractivity contribution is -0.742. The first-order valence-corrected chi connectivity index (χ1v) is 2.21. The van der Waals surface area contributed by atoms with Crippen LogP contribution in [-0.4, -0.2) is 41.3 Å². The molecular weight excluding hydrogens is 246 g/mol. The number of hydrogen-bond donors (Lipinski definition) is 7. The zero-order chi connectivity index (χ0) is 14.7. The molecule has 16 heteroatoms. The first-order chi connectivity index (χ1) is 7.20. The van der Waals surface area contributed by atoms with E-state index < -0.39 is 15.3 Å². The average Bonchev–Trinajstić information content (AvgIpc) is 2.07. The smallest absolute Gasteiger partial charge is 0.291 e. The third-order valence-electron chi connectivity index (χ3n) is 0. The van der Waals surface area contributed by atoms with Gasteiger partial charge in [-0.1, -0.05) is 0 Å². The van der Waals surface area contributed by atoms with Gasteiger partial charge in [-0.25, -0.2) is 11.8 Å². The summed E-state index contributed by atoms with van der Waals surface area (Å²) in [4.78, 5) is 25.1. The SMILES string of the molecule is NO.NO.O=[N+]([O-])O.O=[N+]([O-])O.O=[N+]([O-])O. The molecule has 0 aromatic rings. The predicted molar refractivity (Wildman–Crippen MR) is 38.3 cm³/mol. The summed E-state index contributed by atoms with van der Waals surface area (Å²) >= 11 is 0. The number of nitrogens with zero attached hydrogens (tertiary/aromatic N) is 3. The Kier molecular flexibility index (Phi) is 71.6. The number of hydrogen-bond acceptors (Lipinski definition) is 10. The van der Waals surface area contributed by atoms with Gasteiger partial charge in [-0.05, 0) is 0 Å². The van der Waals surface area contributed by atoms with Crippen molar-refractivity contribution in [3.05, 3.63) is 30.3 Å². The van der Waals surface area contributed by atoms with Gasteiger partial charge in [-0.15, -0.1) is 30.3 Å². The minimum absolute atomic E-state index is 1.50. The van der Waals surface area contributed by atoms with Crippen LogP contribution in [0.5, 0.6) is 0 Å². The minimum Gasteiger partial charge on any atom is -0.328 e. The van der Waals surface area contributed by atoms with Crippen molar-refractivity contribution in [2.75, 3.05) is 0 Å². The molecule has 0 aromatic carbocycles. The molecule has 16 heavy (non-hydrogen) atoms. The summed E-state index contributed by atoms with van der Waals surface area (Å²) in [5, 5.41) is 53.9. The van der Waals surface area contributed by atoms with Gasteiger partial charge in [0.05, 0.1) is 0 Å². The van der Waals surface area contributed by atoms with E-state index in [9.17, 15) is 0 Å². The zero-order valence-corrected chi connectivity index (χ0v) is 7.18. The molecule has 9 N–H and O–H groups in total. The summed E-state index contributed by atoms with van der Waals surface area (Å²) in [5.41, 5.74) is 0. The molecule has 0 rings (SSSR count). The van der Waals surface area contributed by atoms with Gasteiger partial charge in [0.25, 0.3) is 15.3 Å². The third kappa shape index (κ3) is 190. The van der Waals surface area contributed by atoms with Crippen LogP contribution in [0.3, 0.4) is 0 Å². The fourth-order valence-electron chi connectivity index (χ4n) is 0. The van der Waals surface area contributed by atoms with Crippen molar-refractivity contribution in [1.29, 1.82) is 0 Å². The molecule has 16 nitrogen and oxygen atoms in total. The van der Waals surface area contributed by atoms with Gasteiger partial charge in [0.15, 0.2) is 0 Å². The highest BCUT2D eigenvalue weighted by Gasteiger charge is 1.66. The lowest BCUT2D eigenvalue weighted by atomic mass is 13.1. The molecule has 0 atom stereocenters. The molecular formula is H9N5O11. The van der Waals surface area contributed by atoms with E-state index in [-0.39, 0.29) is 0 Å². The van der Waals surface area contributed by atoms with E-state index in [0.717, 1.165) is 0 Å². The van der Waals surface area contributed by atoms with Gasteiger partial charge >= 0.3 is 0 Å². The van der Waals surface area contributed by atoms with Crippen LogP contribution in [0.25, 0.3) is 0 Å². The van der Waals surface area contributed by atoms with Gasteiger partial charge in [0.1, 0.15) is 0 Å². The number of rotatable bonds is 0. The van der Waals surface area contributed by atoms with Crippen LogP contribution in [0.4, 0.5) is 0 Å². The van der Waals surface area contributed by atoms with E-state index in [0.29, 0.717) is 0 Å². The molecule has 0 bridgehead atoms. The van der Waals surface area contributed by atoms with Crippen molar-refractivity contribution in [2.24, 2.45) is 11.8 Å². The first-order valence-electron chi connectivity index (χ1n) is 2.21. The van der Waals surface area contributed by atoms with E-state index in [1.54, 1.807) is 0 Å². The monoisotopic (exact) mass is 255 g/mol. The Morgan fingerprint density at radius 3 is 0.625 bits per heavy atom. The summed E-state index contributed by atoms with van der Waals surface area (Å²) in [6.07, 6.45) is 0. The summed E-state index contributed by atoms with van der Waals surface area (Å²) in [5.74, 6) is 7.00. The molecule has 0 amide bonds. The maximum absolute atomic E-state index is 8.36. The molecule has 0 fully saturated rings. The fraction of sp³-hybridized carbons (Fsp3) is 0. The van der Waals surface area contributed by atoms with Crippen LogP contribution in [0, 0.1) is 30.3 Å². The summed E-state index contributed by atoms with van der Waals surface area (Å²) in [7, 11) is 0. The third-order valence-corrected chi connectivity index (χ3v) is 0. The zero-order valence-electron chi connectivity index (χ0n) is 7.18. The molecule has 0 unspecified atom stereocenters. The highest BCUT2D eigenvalue weighted by molar-refractivity contribution is 3.84. The van der Waals surface area contributed by atoms with Crippen LogP contribution in [0.1, 0.15) is 0 Å². The Bertz CT molecular complexity index is 112. The van der Waals surface area contributed by atoms with Crippen molar-refractivity contribution in [2.45, 2.75) is 0 Å². The van der Waals surface area contributed by atoms with Crippen LogP contribution in [0.2, 0.25) is 0 Å². The van der Waals surface area contributed by atoms with Crippen LogP contribution < -0.4 is 11.8 Å². The molecule has 0 aliphatic carbocycles. The van der Waals surface area contributed by atoms with Crippen molar-refractivity contribution in [1.82, 2.24) is 0 Å². The van der Waals surface area contributed by atoms with E-state index in [4.69, 9.17) is 56.4 Å². The Morgan fingerprint density at radius 1 is 0.625 bits per heavy atom. The highest BCUT2D eigenvalue weighted by atomic mass is 16.9. The second kappa shape index (κ2) is 39.3. The fourth-order valence-corrected chi connectivity index (χ4v) is 0. The molecule has 0 spiro atoms. The van der Waals surface area contributed by atoms with Crippen molar-refractivity contribution in [3.63, 3.8) is 0 Å². The summed E-state index contributed by atoms with van der Waals surface area (Å²) in [6, 6.07) is 0. The van der Waals surface area contributed by atoms with Gasteiger partial charge in [0, 0.05) is 0 Å². The lowest BCUT2D eigenvalue weighted by Gasteiger charge is -1.56. The van der Waals surface area contributed by atoms with Crippen molar-refractivity contribution in [3.8, 4) is 0 Å². The molecule has 0 saturated heterocycles. The molecule has 0 aromatic heterocycles. The highest BCUT2D eigenvalue weighted by Crippen LogP contribution is 1.39. The van der Waals surface area contributed by atoms with Gasteiger partial charge in [-0.2, -0.15) is 0 Å². The Balaban J connectivity index is -0.0000000327. The molecule has 0 aliphatic heterocycles. The van der Waals surface area contributed by atoms with Gasteiger partial charge < -0.3 is 26.0 Å². The van der Waals surface area contributed by atoms with E-state index in [2.05, 4.69) is 11.8 Å². The van der Waals surface area contributed by atoms with Crippen LogP contribution in [-0.2, 0) is 0 Å². The number of nitrogens with two attached hydrogens (primary N) is 2. The molecule has 0 saturated carbocycles. The molecule has 100 valence electrons. The molecule has 0 heterocycles. The Morgan fingerprint density at radius 2 is 0.625 bits per heavy atom. The molecule has 0 radical (unpaired) electrons. The predicted octanol–water partition coefficient (Wildman–Crippen LogP) is -2.37. The largest absolute Gasteiger partial charge is 0.328 e. The van der Waals surface area contributed by atoms with Crippen LogP contribution in [0.15, 0.2) is 0 Å². The van der Waals surface area contributed by atoms with E-state index >= 15 is 0 Å². The first kappa shape index (κ1) is 29.2. The average molecular weight is 255 g/mol. The maximum atomic E-state index is 8.36. The maximum Gasteiger partial charge on any atom is 0.291 e. The van der Waals surface area contributed by atoms with E-state index in [1.165, 1.54) is 0 Å². The van der Waals surface area contributed by atoms with Gasteiger partial charge in [-0.3, -0.25) is 0 Å². The Hall–Kier alpha value is -2.56. The second-order valence-corrected chi connectivity index (χ2v) is 0.714. The quantitative estimate of drug-likeness (QED) is 0.176. The summed E-state index contributed by atoms with van der Waals surface area (Å²) < 4.78 is 0. The van der Waals surface area contributed by atoms with Crippen molar-refractivity contribution >= 4 is 0 Å². The van der Waals surface area contributed by atoms with Crippen molar-refractivity contribution < 1.29 is 41.3 Å². The second-order valence-electron chi connectivity index (χ2n) is 0.714. The normalized spacial score (nSPS) is 5.25. The lowest BCUT2D eigenvalue weighted by Crippen LogP contribution is -1.81. The topological polar surface area (TPSA) is 283 Å². The Labute approximate surface area is 84.8 Å². The van der Waals surface area contributed by atoms with Gasteiger partial charge in [0.2, 0.25) is 0 Å². The van der Waals surface area contributed by atoms with Crippen LogP contribution >= 0.6 is 0 Å². The molecule has 0 aliphatic rings.